The molecule has 1 atom stereocenters. The molecule has 1 aliphatic rings. The number of hydrogen-bond donors (Lipinski definition) is 2. The summed E-state index contributed by atoms with van der Waals surface area (Å²) in [5, 5.41) is 12.0. The number of aliphatic hydroxyl groups excluding tert-OH is 1. The molecule has 0 amide bonds. The van der Waals surface area contributed by atoms with E-state index in [4.69, 9.17) is 5.11 Å². The minimum atomic E-state index is -0.0496. The van der Waals surface area contributed by atoms with Gasteiger partial charge in [-0.3, -0.25) is 4.79 Å². The van der Waals surface area contributed by atoms with E-state index in [1.165, 1.54) is 0 Å². The van der Waals surface area contributed by atoms with E-state index in [0.717, 1.165) is 19.3 Å². The van der Waals surface area contributed by atoms with Crippen molar-refractivity contribution in [2.45, 2.75) is 44.7 Å². The highest BCUT2D eigenvalue weighted by Gasteiger charge is 2.25. The van der Waals surface area contributed by atoms with Crippen molar-refractivity contribution in [1.29, 1.82) is 0 Å². The van der Waals surface area contributed by atoms with Gasteiger partial charge in [-0.2, -0.15) is 0 Å². The Bertz CT molecular complexity index is 426. The summed E-state index contributed by atoms with van der Waals surface area (Å²) in [6.45, 7) is 2.14. The predicted molar refractivity (Wildman–Crippen MR) is 66.2 cm³/mol. The molecule has 17 heavy (non-hydrogen) atoms. The fourth-order valence-electron chi connectivity index (χ4n) is 1.89. The highest BCUT2D eigenvalue weighted by molar-refractivity contribution is 5.32. The lowest BCUT2D eigenvalue weighted by Gasteiger charge is -2.16. The van der Waals surface area contributed by atoms with E-state index in [-0.39, 0.29) is 18.2 Å². The molecule has 0 saturated heterocycles. The Morgan fingerprint density at radius 3 is 3.00 bits per heavy atom. The van der Waals surface area contributed by atoms with Crippen LogP contribution >= 0.6 is 0 Å². The lowest BCUT2D eigenvalue weighted by Crippen LogP contribution is -2.29. The van der Waals surface area contributed by atoms with E-state index in [1.54, 1.807) is 17.0 Å². The molecule has 1 aromatic rings. The lowest BCUT2D eigenvalue weighted by atomic mass is 10.1. The first kappa shape index (κ1) is 12.1. The average molecular weight is 237 g/mol. The second-order valence-corrected chi connectivity index (χ2v) is 4.48. The molecule has 94 valence electrons. The minimum Gasteiger partial charge on any atom is -0.396 e. The quantitative estimate of drug-likeness (QED) is 0.779. The highest BCUT2D eigenvalue weighted by atomic mass is 16.3. The maximum absolute atomic E-state index is 12.1. The van der Waals surface area contributed by atoms with Gasteiger partial charge in [0, 0.05) is 31.1 Å². The Labute approximate surface area is 100 Å². The van der Waals surface area contributed by atoms with Crippen molar-refractivity contribution < 1.29 is 5.11 Å². The zero-order valence-corrected chi connectivity index (χ0v) is 10.1. The van der Waals surface area contributed by atoms with Crippen LogP contribution in [0.15, 0.2) is 17.2 Å². The molecule has 5 nitrogen and oxygen atoms in total. The number of hydrogen-bond acceptors (Lipinski definition) is 4. The zero-order valence-electron chi connectivity index (χ0n) is 10.1. The first-order valence-corrected chi connectivity index (χ1v) is 6.20. The van der Waals surface area contributed by atoms with Crippen LogP contribution in [0, 0.1) is 0 Å². The molecule has 1 fully saturated rings. The number of nitrogens with one attached hydrogen (secondary N) is 1. The molecular formula is C12H19N3O2. The smallest absolute Gasteiger partial charge is 0.293 e. The molecule has 1 heterocycles. The van der Waals surface area contributed by atoms with E-state index in [0.29, 0.717) is 18.3 Å². The molecule has 1 aliphatic carbocycles. The number of nitrogens with zero attached hydrogens (tertiary/aromatic N) is 2. The number of rotatable bonds is 6. The first-order valence-electron chi connectivity index (χ1n) is 6.20. The fourth-order valence-corrected chi connectivity index (χ4v) is 1.89. The number of anilines is 1. The fraction of sp³-hybridized carbons (Fsp3) is 0.667. The van der Waals surface area contributed by atoms with E-state index in [2.05, 4.69) is 10.3 Å². The second kappa shape index (κ2) is 5.31. The van der Waals surface area contributed by atoms with Gasteiger partial charge in [-0.25, -0.2) is 4.98 Å². The summed E-state index contributed by atoms with van der Waals surface area (Å²) in [5.74, 6) is 0.403. The van der Waals surface area contributed by atoms with Crippen molar-refractivity contribution in [1.82, 2.24) is 9.55 Å². The summed E-state index contributed by atoms with van der Waals surface area (Å²) in [7, 11) is 0. The third-order valence-electron chi connectivity index (χ3n) is 3.12. The van der Waals surface area contributed by atoms with E-state index in [1.807, 2.05) is 6.92 Å². The molecule has 1 aromatic heterocycles. The summed E-state index contributed by atoms with van der Waals surface area (Å²) >= 11 is 0. The molecule has 0 aliphatic heterocycles. The van der Waals surface area contributed by atoms with Crippen LogP contribution in [0.25, 0.3) is 0 Å². The van der Waals surface area contributed by atoms with Gasteiger partial charge in [0.1, 0.15) is 0 Å². The van der Waals surface area contributed by atoms with Crippen LogP contribution in [0.3, 0.4) is 0 Å². The highest BCUT2D eigenvalue weighted by Crippen LogP contribution is 2.33. The predicted octanol–water partition coefficient (Wildman–Crippen LogP) is 1.15. The minimum absolute atomic E-state index is 0.0496. The monoisotopic (exact) mass is 237 g/mol. The molecule has 1 unspecified atom stereocenters. The second-order valence-electron chi connectivity index (χ2n) is 4.48. The van der Waals surface area contributed by atoms with Gasteiger partial charge in [-0.05, 0) is 25.7 Å². The van der Waals surface area contributed by atoms with Crippen LogP contribution < -0.4 is 10.9 Å². The van der Waals surface area contributed by atoms with Crippen LogP contribution in [-0.4, -0.2) is 27.3 Å². The van der Waals surface area contributed by atoms with Crippen LogP contribution in [0.4, 0.5) is 5.82 Å². The standard InChI is InChI=1S/C12H19N3O2/c1-2-9(5-8-16)14-11-12(17)15(7-6-13-11)10-3-4-10/h6-7,9-10,16H,2-5,8H2,1H3,(H,13,14). The molecule has 0 aromatic carbocycles. The van der Waals surface area contributed by atoms with E-state index in [9.17, 15) is 4.79 Å². The molecule has 0 bridgehead atoms. The lowest BCUT2D eigenvalue weighted by molar-refractivity contribution is 0.278. The number of aromatic nitrogens is 2. The van der Waals surface area contributed by atoms with Crippen molar-refractivity contribution in [2.24, 2.45) is 0 Å². The Hall–Kier alpha value is -1.36. The maximum atomic E-state index is 12.1. The Kier molecular flexibility index (Phi) is 3.78. The summed E-state index contributed by atoms with van der Waals surface area (Å²) in [6, 6.07) is 0.472. The zero-order chi connectivity index (χ0) is 12.3. The summed E-state index contributed by atoms with van der Waals surface area (Å²) < 4.78 is 1.75. The van der Waals surface area contributed by atoms with Crippen LogP contribution in [0.2, 0.25) is 0 Å². The average Bonchev–Trinajstić information content (AvgIpc) is 3.15. The Balaban J connectivity index is 2.14. The summed E-state index contributed by atoms with van der Waals surface area (Å²) in [4.78, 5) is 16.2. The largest absolute Gasteiger partial charge is 0.396 e. The van der Waals surface area contributed by atoms with Gasteiger partial charge in [-0.15, -0.1) is 0 Å². The Morgan fingerprint density at radius 1 is 1.65 bits per heavy atom. The van der Waals surface area contributed by atoms with Crippen molar-refractivity contribution >= 4 is 5.82 Å². The topological polar surface area (TPSA) is 67.2 Å². The Morgan fingerprint density at radius 2 is 2.41 bits per heavy atom. The molecule has 1 saturated carbocycles. The van der Waals surface area contributed by atoms with Crippen molar-refractivity contribution in [3.8, 4) is 0 Å². The van der Waals surface area contributed by atoms with Crippen LogP contribution in [0.5, 0.6) is 0 Å². The van der Waals surface area contributed by atoms with Crippen LogP contribution in [0.1, 0.15) is 38.6 Å². The van der Waals surface area contributed by atoms with Gasteiger partial charge in [0.05, 0.1) is 0 Å². The molecule has 5 heteroatoms. The van der Waals surface area contributed by atoms with Gasteiger partial charge >= 0.3 is 0 Å². The van der Waals surface area contributed by atoms with Crippen LogP contribution in [-0.2, 0) is 0 Å². The van der Waals surface area contributed by atoms with Gasteiger partial charge in [0.2, 0.25) is 0 Å². The third kappa shape index (κ3) is 2.85. The molecule has 2 N–H and O–H groups in total. The summed E-state index contributed by atoms with van der Waals surface area (Å²) in [6.07, 6.45) is 7.07. The SMILES string of the molecule is CCC(CCO)Nc1nccn(C2CC2)c1=O. The molecule has 0 radical (unpaired) electrons. The molecule has 2 rings (SSSR count). The van der Waals surface area contributed by atoms with Crippen molar-refractivity contribution in [3.05, 3.63) is 22.7 Å². The number of aliphatic hydroxyl groups is 1. The van der Waals surface area contributed by atoms with E-state index < -0.39 is 0 Å². The van der Waals surface area contributed by atoms with Gasteiger partial charge in [0.15, 0.2) is 5.82 Å². The van der Waals surface area contributed by atoms with Gasteiger partial charge in [-0.1, -0.05) is 6.92 Å². The van der Waals surface area contributed by atoms with Crippen molar-refractivity contribution in [3.63, 3.8) is 0 Å². The van der Waals surface area contributed by atoms with Crippen molar-refractivity contribution in [2.75, 3.05) is 11.9 Å². The molecular weight excluding hydrogens is 218 g/mol. The maximum Gasteiger partial charge on any atom is 0.293 e. The third-order valence-corrected chi connectivity index (χ3v) is 3.12. The normalized spacial score (nSPS) is 16.8. The van der Waals surface area contributed by atoms with Gasteiger partial charge in [0.25, 0.3) is 5.56 Å². The first-order chi connectivity index (χ1) is 8.26. The summed E-state index contributed by atoms with van der Waals surface area (Å²) in [5.41, 5.74) is -0.0496. The van der Waals surface area contributed by atoms with Gasteiger partial charge < -0.3 is 15.0 Å². The molecule has 0 spiro atoms. The van der Waals surface area contributed by atoms with E-state index >= 15 is 0 Å².